The average molecular weight is 497 g/mol. The Morgan fingerprint density at radius 1 is 1.31 bits per heavy atom. The summed E-state index contributed by atoms with van der Waals surface area (Å²) >= 11 is 0. The Morgan fingerprint density at radius 3 is 2.64 bits per heavy atom. The fourth-order valence-corrected chi connectivity index (χ4v) is 3.88. The molecule has 0 amide bonds. The number of Topliss-reactive ketones (excluding diaryl/α,β-unsaturated/α-hetero) is 1. The molecule has 1 aliphatic rings. The average Bonchev–Trinajstić information content (AvgIpc) is 2.85. The SMILES string of the molecule is COC1(C)C=CC(F)=CC1C(=O)Cc1cc(/C(C)=N/OC(C)C)c(=O)n(N(C)Cc2ccccc2)n1. The van der Waals surface area contributed by atoms with Crippen LogP contribution in [0.25, 0.3) is 0 Å². The number of hydrogen-bond acceptors (Lipinski definition) is 7. The summed E-state index contributed by atoms with van der Waals surface area (Å²) in [5.74, 6) is -1.64. The van der Waals surface area contributed by atoms with E-state index in [1.165, 1.54) is 24.1 Å². The molecule has 0 aliphatic heterocycles. The van der Waals surface area contributed by atoms with Gasteiger partial charge in [-0.15, -0.1) is 4.79 Å². The van der Waals surface area contributed by atoms with E-state index < -0.39 is 22.9 Å². The highest BCUT2D eigenvalue weighted by atomic mass is 19.1. The number of rotatable bonds is 10. The Kier molecular flexibility index (Phi) is 8.57. The molecule has 36 heavy (non-hydrogen) atoms. The van der Waals surface area contributed by atoms with Crippen LogP contribution in [0.3, 0.4) is 0 Å². The van der Waals surface area contributed by atoms with E-state index in [2.05, 4.69) is 10.3 Å². The van der Waals surface area contributed by atoms with Crippen LogP contribution in [-0.2, 0) is 27.3 Å². The van der Waals surface area contributed by atoms with E-state index in [1.54, 1.807) is 38.0 Å². The Morgan fingerprint density at radius 2 is 2.00 bits per heavy atom. The van der Waals surface area contributed by atoms with Crippen molar-refractivity contribution in [1.82, 2.24) is 9.89 Å². The second-order valence-corrected chi connectivity index (χ2v) is 9.27. The Labute approximate surface area is 210 Å². The van der Waals surface area contributed by atoms with Crippen molar-refractivity contribution < 1.29 is 18.8 Å². The van der Waals surface area contributed by atoms with Gasteiger partial charge in [0.1, 0.15) is 17.7 Å². The van der Waals surface area contributed by atoms with Crippen LogP contribution in [0.1, 0.15) is 44.5 Å². The van der Waals surface area contributed by atoms with Gasteiger partial charge in [-0.25, -0.2) is 4.39 Å². The van der Waals surface area contributed by atoms with Crippen molar-refractivity contribution >= 4 is 11.5 Å². The molecular formula is C27H33FN4O4. The highest BCUT2D eigenvalue weighted by Crippen LogP contribution is 2.32. The zero-order valence-corrected chi connectivity index (χ0v) is 21.6. The van der Waals surface area contributed by atoms with Gasteiger partial charge in [0.2, 0.25) is 0 Å². The number of carbonyl (C=O) groups excluding carboxylic acids is 1. The van der Waals surface area contributed by atoms with Crippen molar-refractivity contribution in [1.29, 1.82) is 0 Å². The molecule has 1 aromatic heterocycles. The fraction of sp³-hybridized carbons (Fsp3) is 0.407. The van der Waals surface area contributed by atoms with E-state index >= 15 is 0 Å². The molecule has 0 saturated heterocycles. The van der Waals surface area contributed by atoms with Gasteiger partial charge in [-0.2, -0.15) is 5.10 Å². The summed E-state index contributed by atoms with van der Waals surface area (Å²) in [6.07, 6.45) is 3.79. The topological polar surface area (TPSA) is 86.0 Å². The Bertz CT molecular complexity index is 1240. The summed E-state index contributed by atoms with van der Waals surface area (Å²) in [5, 5.41) is 10.2. The molecule has 0 radical (unpaired) electrons. The van der Waals surface area contributed by atoms with Crippen LogP contribution in [0.15, 0.2) is 70.4 Å². The van der Waals surface area contributed by atoms with E-state index in [0.717, 1.165) is 5.56 Å². The van der Waals surface area contributed by atoms with Gasteiger partial charge < -0.3 is 9.57 Å². The molecule has 0 spiro atoms. The third-order valence-electron chi connectivity index (χ3n) is 5.97. The summed E-state index contributed by atoms with van der Waals surface area (Å²) < 4.78 is 19.6. The van der Waals surface area contributed by atoms with E-state index in [0.29, 0.717) is 18.0 Å². The molecule has 0 fully saturated rings. The van der Waals surface area contributed by atoms with Gasteiger partial charge in [0, 0.05) is 14.2 Å². The first kappa shape index (κ1) is 27.0. The second kappa shape index (κ2) is 11.4. The van der Waals surface area contributed by atoms with Crippen molar-refractivity contribution in [3.8, 4) is 0 Å². The molecule has 0 N–H and O–H groups in total. The zero-order chi connectivity index (χ0) is 26.5. The van der Waals surface area contributed by atoms with Gasteiger partial charge in [0.05, 0.1) is 41.5 Å². The number of benzene rings is 1. The maximum Gasteiger partial charge on any atom is 0.295 e. The monoisotopic (exact) mass is 496 g/mol. The van der Waals surface area contributed by atoms with Gasteiger partial charge in [-0.05, 0) is 57.6 Å². The number of oxime groups is 1. The minimum atomic E-state index is -0.990. The quantitative estimate of drug-likeness (QED) is 0.368. The standard InChI is InChI=1S/C27H33FN4O4/c1-18(2)36-30-19(3)23-15-22(16-25(33)24-14-21(28)12-13-27(24,4)35-6)29-32(26(23)34)31(5)17-20-10-8-7-9-11-20/h7-15,18,24H,16-17H2,1-6H3/b30-19+. The van der Waals surface area contributed by atoms with E-state index in [1.807, 2.05) is 44.2 Å². The number of methoxy groups -OCH3 is 1. The van der Waals surface area contributed by atoms with Crippen LogP contribution in [0.4, 0.5) is 4.39 Å². The van der Waals surface area contributed by atoms with Crippen molar-refractivity contribution in [2.75, 3.05) is 19.2 Å². The predicted octanol–water partition coefficient (Wildman–Crippen LogP) is 3.72. The number of aromatic nitrogens is 2. The summed E-state index contributed by atoms with van der Waals surface area (Å²) in [6.45, 7) is 7.46. The van der Waals surface area contributed by atoms with Crippen LogP contribution in [0.5, 0.6) is 0 Å². The fourth-order valence-electron chi connectivity index (χ4n) is 3.88. The Balaban J connectivity index is 2.01. The van der Waals surface area contributed by atoms with E-state index in [9.17, 15) is 14.0 Å². The number of allylic oxidation sites excluding steroid dienone is 2. The number of ketones is 1. The number of halogens is 1. The second-order valence-electron chi connectivity index (χ2n) is 9.27. The number of hydrogen-bond donors (Lipinski definition) is 0. The smallest absolute Gasteiger partial charge is 0.295 e. The molecule has 2 atom stereocenters. The third kappa shape index (κ3) is 6.34. The predicted molar refractivity (Wildman–Crippen MR) is 137 cm³/mol. The molecule has 2 unspecified atom stereocenters. The first-order valence-corrected chi connectivity index (χ1v) is 11.8. The van der Waals surface area contributed by atoms with Gasteiger partial charge in [0.15, 0.2) is 0 Å². The van der Waals surface area contributed by atoms with Crippen LogP contribution in [0, 0.1) is 5.92 Å². The first-order valence-electron chi connectivity index (χ1n) is 11.8. The molecule has 3 rings (SSSR count). The summed E-state index contributed by atoms with van der Waals surface area (Å²) in [4.78, 5) is 33.3. The number of carbonyl (C=O) groups is 1. The molecule has 1 aromatic carbocycles. The molecular weight excluding hydrogens is 463 g/mol. The number of ether oxygens (including phenoxy) is 1. The minimum Gasteiger partial charge on any atom is -0.393 e. The van der Waals surface area contributed by atoms with E-state index in [4.69, 9.17) is 9.57 Å². The van der Waals surface area contributed by atoms with Gasteiger partial charge in [-0.1, -0.05) is 35.5 Å². The van der Waals surface area contributed by atoms with Gasteiger partial charge in [-0.3, -0.25) is 14.6 Å². The molecule has 2 aromatic rings. The van der Waals surface area contributed by atoms with E-state index in [-0.39, 0.29) is 23.9 Å². The highest BCUT2D eigenvalue weighted by molar-refractivity contribution is 5.98. The van der Waals surface area contributed by atoms with Gasteiger partial charge >= 0.3 is 0 Å². The third-order valence-corrected chi connectivity index (χ3v) is 5.97. The summed E-state index contributed by atoms with van der Waals surface area (Å²) in [6, 6.07) is 11.2. The van der Waals surface area contributed by atoms with Crippen molar-refractivity contribution in [3.63, 3.8) is 0 Å². The Hall–Kier alpha value is -3.59. The molecule has 0 saturated carbocycles. The molecule has 1 aliphatic carbocycles. The van der Waals surface area contributed by atoms with Crippen molar-refractivity contribution in [2.24, 2.45) is 11.1 Å². The zero-order valence-electron chi connectivity index (χ0n) is 21.6. The maximum atomic E-state index is 14.0. The number of nitrogens with zero attached hydrogens (tertiary/aromatic N) is 4. The lowest BCUT2D eigenvalue weighted by Gasteiger charge is -2.33. The van der Waals surface area contributed by atoms with Crippen LogP contribution in [0.2, 0.25) is 0 Å². The summed E-state index contributed by atoms with van der Waals surface area (Å²) in [5.41, 5.74) is 0.557. The molecule has 0 bridgehead atoms. The molecule has 192 valence electrons. The van der Waals surface area contributed by atoms with Crippen LogP contribution < -0.4 is 10.6 Å². The minimum absolute atomic E-state index is 0.133. The lowest BCUT2D eigenvalue weighted by atomic mass is 9.80. The normalized spacial score (nSPS) is 19.8. The van der Waals surface area contributed by atoms with Crippen molar-refractivity contribution in [2.45, 2.75) is 52.4 Å². The largest absolute Gasteiger partial charge is 0.393 e. The summed E-state index contributed by atoms with van der Waals surface area (Å²) in [7, 11) is 3.21. The van der Waals surface area contributed by atoms with Crippen LogP contribution in [-0.4, -0.2) is 47.2 Å². The molecule has 8 nitrogen and oxygen atoms in total. The lowest BCUT2D eigenvalue weighted by molar-refractivity contribution is -0.127. The molecule has 1 heterocycles. The maximum absolute atomic E-state index is 14.0. The molecule has 9 heteroatoms. The van der Waals surface area contributed by atoms with Gasteiger partial charge in [0.25, 0.3) is 5.56 Å². The first-order chi connectivity index (χ1) is 17.0. The van der Waals surface area contributed by atoms with Crippen molar-refractivity contribution in [3.05, 3.63) is 87.6 Å². The lowest BCUT2D eigenvalue weighted by Crippen LogP contribution is -2.44. The van der Waals surface area contributed by atoms with Crippen LogP contribution >= 0.6 is 0 Å². The highest BCUT2D eigenvalue weighted by Gasteiger charge is 2.38.